The summed E-state index contributed by atoms with van der Waals surface area (Å²) in [6, 6.07) is 40.9. The van der Waals surface area contributed by atoms with Crippen molar-refractivity contribution in [1.29, 1.82) is 0 Å². The van der Waals surface area contributed by atoms with Gasteiger partial charge in [-0.1, -0.05) is 66.2 Å². The molecule has 42 heavy (non-hydrogen) atoms. The molecule has 1 atom stereocenters. The van der Waals surface area contributed by atoms with Crippen LogP contribution in [0.4, 0.5) is 25.2 Å². The van der Waals surface area contributed by atoms with E-state index in [2.05, 4.69) is 67.6 Å². The summed E-state index contributed by atoms with van der Waals surface area (Å²) in [6.07, 6.45) is 0. The molecule has 0 radical (unpaired) electrons. The number of fused-ring (bicyclic) bond motifs is 3. The number of hydrogen-bond donors (Lipinski definition) is 0. The van der Waals surface area contributed by atoms with E-state index in [0.29, 0.717) is 11.1 Å². The van der Waals surface area contributed by atoms with Gasteiger partial charge in [0, 0.05) is 28.0 Å². The molecule has 0 saturated carbocycles. The summed E-state index contributed by atoms with van der Waals surface area (Å²) < 4.78 is 65.3. The van der Waals surface area contributed by atoms with Crippen molar-refractivity contribution in [3.05, 3.63) is 138 Å². The zero-order chi connectivity index (χ0) is 30.2. The van der Waals surface area contributed by atoms with Gasteiger partial charge in [-0.25, -0.2) is 0 Å². The Morgan fingerprint density at radius 3 is 1.67 bits per heavy atom. The molecule has 2 nitrogen and oxygen atoms in total. The number of aryl methyl sites for hydroxylation is 1. The van der Waals surface area contributed by atoms with Crippen molar-refractivity contribution in [3.63, 3.8) is 0 Å². The topological polar surface area (TPSA) is 30.2 Å². The third-order valence-electron chi connectivity index (χ3n) is 6.23. The number of para-hydroxylation sites is 1. The molecule has 0 aliphatic carbocycles. The molecule has 6 aromatic rings. The fourth-order valence-electron chi connectivity index (χ4n) is 4.41. The second-order valence-electron chi connectivity index (χ2n) is 9.55. The maximum absolute atomic E-state index is 12.9. The van der Waals surface area contributed by atoms with E-state index in [0.717, 1.165) is 21.9 Å². The molecule has 0 saturated heterocycles. The molecule has 1 heterocycles. The predicted octanol–water partition coefficient (Wildman–Crippen LogP) is 11.6. The van der Waals surface area contributed by atoms with Crippen LogP contribution in [0.3, 0.4) is 0 Å². The number of ketones is 1. The van der Waals surface area contributed by atoms with Crippen molar-refractivity contribution < 1.29 is 34.4 Å². The molecule has 0 aliphatic heterocycles. The van der Waals surface area contributed by atoms with Crippen LogP contribution >= 0.6 is 7.81 Å². The van der Waals surface area contributed by atoms with Crippen molar-refractivity contribution in [1.82, 2.24) is 0 Å². The van der Waals surface area contributed by atoms with Gasteiger partial charge >= 0.3 is 33.0 Å². The van der Waals surface area contributed by atoms with Crippen LogP contribution in [-0.2, 0) is 10.9 Å². The van der Waals surface area contributed by atoms with Gasteiger partial charge in [0.25, 0.3) is 0 Å². The molecule has 1 aromatic heterocycles. The Morgan fingerprint density at radius 1 is 0.571 bits per heavy atom. The predicted molar refractivity (Wildman–Crippen MR) is 157 cm³/mol. The molecular weight excluding hydrogens is 593 g/mol. The van der Waals surface area contributed by atoms with Crippen LogP contribution in [0.2, 0.25) is 0 Å². The summed E-state index contributed by atoms with van der Waals surface area (Å²) in [5.74, 6) is 0.0404. The molecule has 0 aliphatic rings. The number of benzene rings is 5. The molecule has 0 bridgehead atoms. The maximum atomic E-state index is 12.9. The van der Waals surface area contributed by atoms with Gasteiger partial charge in [0.2, 0.25) is 0 Å². The molecule has 6 rings (SSSR count). The van der Waals surface area contributed by atoms with E-state index >= 15 is 0 Å². The van der Waals surface area contributed by atoms with E-state index in [4.69, 9.17) is 4.42 Å². The molecule has 0 spiro atoms. The van der Waals surface area contributed by atoms with Gasteiger partial charge in [-0.2, -0.15) is 0 Å². The normalized spacial score (nSPS) is 14.0. The second-order valence-corrected chi connectivity index (χ2v) is 13.5. The van der Waals surface area contributed by atoms with E-state index in [1.807, 2.05) is 60.7 Å². The monoisotopic (exact) mass is 616 g/mol. The Bertz CT molecular complexity index is 1870. The number of carbonyl (C=O) groups excluding carboxylic acids is 1. The summed E-state index contributed by atoms with van der Waals surface area (Å²) >= 11 is 0. The molecular formula is C32H23F6O2PS. The first-order valence-corrected chi connectivity index (χ1v) is 15.9. The van der Waals surface area contributed by atoms with Crippen molar-refractivity contribution in [2.45, 2.75) is 21.6 Å². The van der Waals surface area contributed by atoms with Gasteiger partial charge in [-0.15, -0.1) is 0 Å². The van der Waals surface area contributed by atoms with E-state index in [1.165, 1.54) is 20.2 Å². The van der Waals surface area contributed by atoms with Crippen LogP contribution < -0.4 is 0 Å². The standard InChI is InChI=1S/C32H23O2S.F6P/c1-22-11-15-25(16-12-22)35(26-17-13-24(14-18-26)32(33)23-7-3-2-4-8-23)27-19-20-31-29(21-27)28-9-5-6-10-30(28)34-31;1-7(2,3,4,5)6/h2-21H,1H3;/q+1;-1. The van der Waals surface area contributed by atoms with E-state index < -0.39 is 7.81 Å². The van der Waals surface area contributed by atoms with Gasteiger partial charge in [0.15, 0.2) is 20.5 Å². The molecule has 5 aromatic carbocycles. The van der Waals surface area contributed by atoms with Crippen molar-refractivity contribution >= 4 is 46.4 Å². The molecule has 1 unspecified atom stereocenters. The van der Waals surface area contributed by atoms with E-state index in [9.17, 15) is 30.0 Å². The number of halogens is 6. The van der Waals surface area contributed by atoms with Gasteiger partial charge in [-0.05, 0) is 61.5 Å². The number of carbonyl (C=O) groups is 1. The summed E-state index contributed by atoms with van der Waals surface area (Å²) in [4.78, 5) is 16.6. The SMILES string of the molecule is Cc1ccc([S+](c2ccc(C(=O)c3ccccc3)cc2)c2ccc3oc4ccccc4c3c2)cc1.F[P-](F)(F)(F)(F)F. The van der Waals surface area contributed by atoms with Gasteiger partial charge < -0.3 is 4.42 Å². The third kappa shape index (κ3) is 7.60. The van der Waals surface area contributed by atoms with Crippen LogP contribution in [0.1, 0.15) is 21.5 Å². The fraction of sp³-hybridized carbons (Fsp3) is 0.0312. The minimum absolute atomic E-state index is 0.0404. The molecule has 10 heteroatoms. The zero-order valence-corrected chi connectivity index (χ0v) is 23.7. The molecule has 0 N–H and O–H groups in total. The fourth-order valence-corrected chi connectivity index (χ4v) is 6.49. The van der Waals surface area contributed by atoms with Crippen molar-refractivity contribution in [2.75, 3.05) is 0 Å². The number of rotatable bonds is 5. The van der Waals surface area contributed by atoms with Crippen molar-refractivity contribution in [2.24, 2.45) is 0 Å². The Balaban J connectivity index is 0.000000451. The summed E-state index contributed by atoms with van der Waals surface area (Å²) in [7, 11) is -11.0. The van der Waals surface area contributed by atoms with Crippen molar-refractivity contribution in [3.8, 4) is 0 Å². The van der Waals surface area contributed by atoms with Gasteiger partial charge in [-0.3, -0.25) is 4.79 Å². The van der Waals surface area contributed by atoms with Crippen LogP contribution in [-0.4, -0.2) is 5.78 Å². The van der Waals surface area contributed by atoms with E-state index in [-0.39, 0.29) is 16.7 Å². The summed E-state index contributed by atoms with van der Waals surface area (Å²) in [5, 5.41) is 2.25. The third-order valence-corrected chi connectivity index (χ3v) is 8.44. The molecule has 0 fully saturated rings. The average Bonchev–Trinajstić information content (AvgIpc) is 3.31. The first kappa shape index (κ1) is 29.4. The zero-order valence-electron chi connectivity index (χ0n) is 22.0. The minimum atomic E-state index is -10.7. The number of hydrogen-bond acceptors (Lipinski definition) is 2. The first-order chi connectivity index (χ1) is 19.6. The van der Waals surface area contributed by atoms with Gasteiger partial charge in [0.1, 0.15) is 11.2 Å². The van der Waals surface area contributed by atoms with Crippen LogP contribution in [0, 0.1) is 6.92 Å². The van der Waals surface area contributed by atoms with E-state index in [1.54, 1.807) is 0 Å². The van der Waals surface area contributed by atoms with Crippen LogP contribution in [0.25, 0.3) is 21.9 Å². The van der Waals surface area contributed by atoms with Crippen LogP contribution in [0.15, 0.2) is 140 Å². The molecule has 216 valence electrons. The second kappa shape index (κ2) is 10.3. The Morgan fingerprint density at radius 2 is 1.05 bits per heavy atom. The number of furan rings is 1. The summed E-state index contributed by atoms with van der Waals surface area (Å²) in [5.41, 5.74) is 4.43. The van der Waals surface area contributed by atoms with Crippen LogP contribution in [0.5, 0.6) is 0 Å². The quantitative estimate of drug-likeness (QED) is 0.0835. The average molecular weight is 617 g/mol. The Labute approximate surface area is 240 Å². The Kier molecular flexibility index (Phi) is 7.24. The summed E-state index contributed by atoms with van der Waals surface area (Å²) in [6.45, 7) is 2.11. The molecule has 0 amide bonds. The Hall–Kier alpha value is -4.07. The first-order valence-electron chi connectivity index (χ1n) is 12.6. The van der Waals surface area contributed by atoms with Gasteiger partial charge in [0.05, 0.1) is 10.9 Å².